The molecule has 178 valence electrons. The average Bonchev–Trinajstić information content (AvgIpc) is 2.77. The van der Waals surface area contributed by atoms with Gasteiger partial charge in [0.05, 0.1) is 0 Å². The van der Waals surface area contributed by atoms with Crippen LogP contribution in [0.1, 0.15) is 33.3 Å². The first kappa shape index (κ1) is 26.0. The minimum absolute atomic E-state index is 0.144. The molecule has 2 aromatic carbocycles. The zero-order valence-corrected chi connectivity index (χ0v) is 23.0. The molecule has 0 unspecified atom stereocenters. The third-order valence-electron chi connectivity index (χ3n) is 7.24. The van der Waals surface area contributed by atoms with Crippen molar-refractivity contribution in [1.82, 2.24) is 0 Å². The first-order valence-electron chi connectivity index (χ1n) is 11.3. The van der Waals surface area contributed by atoms with Crippen LogP contribution >= 0.6 is 0 Å². The molecule has 0 saturated carbocycles. The van der Waals surface area contributed by atoms with Crippen molar-refractivity contribution in [2.45, 2.75) is 80.9 Å². The van der Waals surface area contributed by atoms with Gasteiger partial charge in [0.25, 0.3) is 0 Å². The van der Waals surface area contributed by atoms with Crippen LogP contribution < -0.4 is 4.46 Å². The number of nitrogens with zero attached hydrogens (tertiary/aromatic N) is 3. The number of hydrogen-bond acceptors (Lipinski definition) is 4. The van der Waals surface area contributed by atoms with Crippen molar-refractivity contribution in [3.63, 3.8) is 0 Å². The normalized spacial score (nSPS) is 28.2. The Morgan fingerprint density at radius 1 is 1.12 bits per heavy atom. The Balaban J connectivity index is 2.06. The first-order chi connectivity index (χ1) is 15.5. The molecule has 2 aromatic rings. The maximum absolute atomic E-state index is 12.7. The summed E-state index contributed by atoms with van der Waals surface area (Å²) in [7, 11) is -2.53. The number of azide groups is 1. The molecule has 0 bridgehead atoms. The zero-order valence-electron chi connectivity index (χ0n) is 20.3. The Bertz CT molecular complexity index is 964. The van der Waals surface area contributed by atoms with Gasteiger partial charge in [-0.15, -0.1) is 0 Å². The molecular weight excluding hydrogens is 497 g/mol. The van der Waals surface area contributed by atoms with Crippen LogP contribution in [0.5, 0.6) is 0 Å². The molecule has 0 radical (unpaired) electrons. The summed E-state index contributed by atoms with van der Waals surface area (Å²) in [6, 6.07) is 19.3. The molecule has 6 nitrogen and oxygen atoms in total. The van der Waals surface area contributed by atoms with Crippen LogP contribution in [0.4, 0.5) is 0 Å². The predicted octanol–water partition coefficient (Wildman–Crippen LogP) is 4.80. The molecule has 0 spiro atoms. The van der Waals surface area contributed by atoms with E-state index in [1.807, 2.05) is 55.5 Å². The van der Waals surface area contributed by atoms with E-state index in [2.05, 4.69) is 56.0 Å². The van der Waals surface area contributed by atoms with Gasteiger partial charge in [-0.05, 0) is 0 Å². The standard InChI is InChI=1S/C25H35N3O3SeSi/c1-18-22(30-17-19-13-9-7-10-14-19)25(29,33(5,6)24(2,3)4)21(27-28-26)23(31-18)32-20-15-11-8-12-16-20/h7-16,18,21-23,29H,17H2,1-6H3/t18-,21+,22+,23-,25+/m0/s1. The summed E-state index contributed by atoms with van der Waals surface area (Å²) in [5.41, 5.74) is 10.6. The van der Waals surface area contributed by atoms with Crippen molar-refractivity contribution in [2.24, 2.45) is 5.11 Å². The van der Waals surface area contributed by atoms with Gasteiger partial charge in [0, 0.05) is 0 Å². The third kappa shape index (κ3) is 5.23. The quantitative estimate of drug-likeness (QED) is 0.240. The maximum atomic E-state index is 12.7. The molecule has 8 heteroatoms. The molecule has 0 aromatic heterocycles. The number of ether oxygens (including phenoxy) is 2. The van der Waals surface area contributed by atoms with Crippen LogP contribution in [0.3, 0.4) is 0 Å². The van der Waals surface area contributed by atoms with Gasteiger partial charge in [-0.2, -0.15) is 0 Å². The fourth-order valence-electron chi connectivity index (χ4n) is 4.36. The molecular formula is C25H35N3O3SeSi. The Labute approximate surface area is 204 Å². The van der Waals surface area contributed by atoms with Crippen molar-refractivity contribution >= 4 is 27.5 Å². The van der Waals surface area contributed by atoms with E-state index >= 15 is 0 Å². The van der Waals surface area contributed by atoms with Gasteiger partial charge in [0.1, 0.15) is 0 Å². The summed E-state index contributed by atoms with van der Waals surface area (Å²) in [4.78, 5) is 3.18. The van der Waals surface area contributed by atoms with E-state index < -0.39 is 25.4 Å². The Morgan fingerprint density at radius 3 is 2.24 bits per heavy atom. The van der Waals surface area contributed by atoms with E-state index in [0.29, 0.717) is 6.61 Å². The Morgan fingerprint density at radius 2 is 1.70 bits per heavy atom. The van der Waals surface area contributed by atoms with E-state index in [9.17, 15) is 10.6 Å². The molecule has 33 heavy (non-hydrogen) atoms. The summed E-state index contributed by atoms with van der Waals surface area (Å²) in [6.45, 7) is 13.2. The number of aliphatic hydroxyl groups is 1. The second kappa shape index (κ2) is 10.3. The number of rotatable bonds is 7. The van der Waals surface area contributed by atoms with Gasteiger partial charge >= 0.3 is 205 Å². The molecule has 1 aliphatic rings. The molecule has 1 fully saturated rings. The average molecular weight is 533 g/mol. The van der Waals surface area contributed by atoms with E-state index in [-0.39, 0.29) is 31.1 Å². The molecule has 3 rings (SSSR count). The van der Waals surface area contributed by atoms with E-state index in [1.165, 1.54) is 0 Å². The van der Waals surface area contributed by atoms with Crippen LogP contribution in [0, 0.1) is 0 Å². The van der Waals surface area contributed by atoms with Crippen molar-refractivity contribution in [3.05, 3.63) is 76.7 Å². The van der Waals surface area contributed by atoms with Gasteiger partial charge < -0.3 is 0 Å². The molecule has 1 N–H and O–H groups in total. The fourth-order valence-corrected chi connectivity index (χ4v) is 10.3. The fraction of sp³-hybridized carbons (Fsp3) is 0.520. The van der Waals surface area contributed by atoms with Gasteiger partial charge in [-0.3, -0.25) is 0 Å². The second-order valence-electron chi connectivity index (χ2n) is 10.2. The summed E-state index contributed by atoms with van der Waals surface area (Å²) < 4.78 is 14.0. The van der Waals surface area contributed by atoms with Gasteiger partial charge in [0.2, 0.25) is 0 Å². The molecule has 5 atom stereocenters. The van der Waals surface area contributed by atoms with E-state index in [4.69, 9.17) is 9.47 Å². The zero-order chi connectivity index (χ0) is 24.3. The van der Waals surface area contributed by atoms with Crippen LogP contribution in [0.15, 0.2) is 65.8 Å². The predicted molar refractivity (Wildman–Crippen MR) is 136 cm³/mol. The monoisotopic (exact) mass is 533 g/mol. The molecule has 1 saturated heterocycles. The summed E-state index contributed by atoms with van der Waals surface area (Å²) >= 11 is -0.144. The van der Waals surface area contributed by atoms with Gasteiger partial charge in [0.15, 0.2) is 0 Å². The van der Waals surface area contributed by atoms with Gasteiger partial charge in [-0.1, -0.05) is 0 Å². The number of hydrogen-bond donors (Lipinski definition) is 1. The molecule has 0 aliphatic carbocycles. The van der Waals surface area contributed by atoms with Crippen LogP contribution in [0.25, 0.3) is 10.4 Å². The Kier molecular flexibility index (Phi) is 8.13. The van der Waals surface area contributed by atoms with Crippen LogP contribution in [-0.2, 0) is 16.1 Å². The van der Waals surface area contributed by atoms with Gasteiger partial charge in [-0.25, -0.2) is 0 Å². The number of benzene rings is 2. The second-order valence-corrected chi connectivity index (χ2v) is 18.2. The van der Waals surface area contributed by atoms with E-state index in [1.54, 1.807) is 0 Å². The summed E-state index contributed by atoms with van der Waals surface area (Å²) in [5.74, 6) is 0. The first-order valence-corrected chi connectivity index (χ1v) is 16.2. The van der Waals surface area contributed by atoms with Crippen molar-refractivity contribution in [3.8, 4) is 0 Å². The van der Waals surface area contributed by atoms with E-state index in [0.717, 1.165) is 10.0 Å². The van der Waals surface area contributed by atoms with Crippen molar-refractivity contribution in [2.75, 3.05) is 0 Å². The molecule has 1 aliphatic heterocycles. The van der Waals surface area contributed by atoms with Crippen molar-refractivity contribution in [1.29, 1.82) is 0 Å². The van der Waals surface area contributed by atoms with Crippen LogP contribution in [-0.4, -0.2) is 56.6 Å². The van der Waals surface area contributed by atoms with Crippen molar-refractivity contribution < 1.29 is 14.6 Å². The third-order valence-corrected chi connectivity index (χ3v) is 16.0. The summed E-state index contributed by atoms with van der Waals surface area (Å²) in [6.07, 6.45) is -0.967. The minimum atomic E-state index is -2.53. The molecule has 0 amide bonds. The Hall–Kier alpha value is -1.63. The SMILES string of the molecule is C[C@@H]1O[C@@H]([Se]c2ccccc2)[C@@H](N=[N+]=[N-])[C@@](O)([Si](C)(C)C(C)(C)C)[C@@H]1OCc1ccccc1. The topological polar surface area (TPSA) is 87.5 Å². The molecule has 1 heterocycles. The van der Waals surface area contributed by atoms with Crippen LogP contribution in [0.2, 0.25) is 18.1 Å². The summed E-state index contributed by atoms with van der Waals surface area (Å²) in [5, 5.41) is 15.0.